The molecule has 0 unspecified atom stereocenters. The van der Waals surface area contributed by atoms with Crippen molar-refractivity contribution in [3.63, 3.8) is 0 Å². The van der Waals surface area contributed by atoms with Gasteiger partial charge in [-0.15, -0.1) is 0 Å². The van der Waals surface area contributed by atoms with Gasteiger partial charge in [0, 0.05) is 21.7 Å². The van der Waals surface area contributed by atoms with Crippen molar-refractivity contribution in [1.82, 2.24) is 0 Å². The predicted octanol–water partition coefficient (Wildman–Crippen LogP) is 5.08. The highest BCUT2D eigenvalue weighted by Gasteiger charge is 2.18. The van der Waals surface area contributed by atoms with E-state index < -0.39 is 0 Å². The molecule has 0 aromatic heterocycles. The number of nitrogens with zero attached hydrogens (tertiary/aromatic N) is 1. The lowest BCUT2D eigenvalue weighted by molar-refractivity contribution is 0.0987. The zero-order valence-corrected chi connectivity index (χ0v) is 13.7. The van der Waals surface area contributed by atoms with E-state index >= 15 is 0 Å². The molecule has 2 aromatic rings. The molecule has 4 heteroatoms. The van der Waals surface area contributed by atoms with Crippen molar-refractivity contribution in [2.24, 2.45) is 0 Å². The number of amides is 1. The van der Waals surface area contributed by atoms with Crippen molar-refractivity contribution in [3.05, 3.63) is 63.1 Å². The third kappa shape index (κ3) is 3.22. The normalized spacial score (nSPS) is 10.4. The average molecular weight is 353 g/mol. The van der Waals surface area contributed by atoms with Crippen molar-refractivity contribution in [2.45, 2.75) is 13.8 Å². The SMILES string of the molecule is CCN(C(=O)c1ccc(Cl)cc1Br)c1ccc(C)cc1. The Hall–Kier alpha value is -1.32. The fourth-order valence-electron chi connectivity index (χ4n) is 1.98. The highest BCUT2D eigenvalue weighted by molar-refractivity contribution is 9.10. The van der Waals surface area contributed by atoms with Gasteiger partial charge in [-0.3, -0.25) is 4.79 Å². The van der Waals surface area contributed by atoms with E-state index in [1.165, 1.54) is 5.56 Å². The Bertz CT molecular complexity index is 625. The maximum atomic E-state index is 12.6. The minimum atomic E-state index is -0.0418. The summed E-state index contributed by atoms with van der Waals surface area (Å²) in [7, 11) is 0. The van der Waals surface area contributed by atoms with E-state index in [2.05, 4.69) is 15.9 Å². The van der Waals surface area contributed by atoms with Gasteiger partial charge in [0.2, 0.25) is 0 Å². The predicted molar refractivity (Wildman–Crippen MR) is 87.7 cm³/mol. The van der Waals surface area contributed by atoms with E-state index in [0.29, 0.717) is 21.6 Å². The summed E-state index contributed by atoms with van der Waals surface area (Å²) in [5, 5.41) is 0.604. The first-order valence-electron chi connectivity index (χ1n) is 6.36. The van der Waals surface area contributed by atoms with Gasteiger partial charge in [-0.2, -0.15) is 0 Å². The first-order valence-corrected chi connectivity index (χ1v) is 7.53. The monoisotopic (exact) mass is 351 g/mol. The second kappa shape index (κ2) is 6.42. The van der Waals surface area contributed by atoms with Crippen LogP contribution in [-0.2, 0) is 0 Å². The Labute approximate surface area is 132 Å². The molecule has 0 bridgehead atoms. The van der Waals surface area contributed by atoms with Crippen molar-refractivity contribution in [2.75, 3.05) is 11.4 Å². The number of halogens is 2. The van der Waals surface area contributed by atoms with E-state index in [9.17, 15) is 4.79 Å². The van der Waals surface area contributed by atoms with Gasteiger partial charge in [-0.05, 0) is 60.1 Å². The van der Waals surface area contributed by atoms with Gasteiger partial charge in [-0.1, -0.05) is 29.3 Å². The van der Waals surface area contributed by atoms with Crippen molar-refractivity contribution >= 4 is 39.1 Å². The molecule has 0 aliphatic rings. The molecule has 0 atom stereocenters. The maximum absolute atomic E-state index is 12.6. The molecule has 2 nitrogen and oxygen atoms in total. The number of aryl methyl sites for hydroxylation is 1. The highest BCUT2D eigenvalue weighted by atomic mass is 79.9. The van der Waals surface area contributed by atoms with E-state index in [1.54, 1.807) is 23.1 Å². The van der Waals surface area contributed by atoms with Gasteiger partial charge < -0.3 is 4.90 Å². The average Bonchev–Trinajstić information content (AvgIpc) is 2.41. The number of benzene rings is 2. The van der Waals surface area contributed by atoms with E-state index in [-0.39, 0.29) is 5.91 Å². The lowest BCUT2D eigenvalue weighted by Gasteiger charge is -2.22. The van der Waals surface area contributed by atoms with Gasteiger partial charge in [-0.25, -0.2) is 0 Å². The zero-order chi connectivity index (χ0) is 14.7. The third-order valence-electron chi connectivity index (χ3n) is 3.07. The minimum absolute atomic E-state index is 0.0418. The second-order valence-corrected chi connectivity index (χ2v) is 5.80. The minimum Gasteiger partial charge on any atom is -0.309 e. The number of carbonyl (C=O) groups is 1. The summed E-state index contributed by atoms with van der Waals surface area (Å²) in [5.74, 6) is -0.0418. The first-order chi connectivity index (χ1) is 9.52. The van der Waals surface area contributed by atoms with Gasteiger partial charge in [0.25, 0.3) is 5.91 Å². The number of hydrogen-bond donors (Lipinski definition) is 0. The van der Waals surface area contributed by atoms with Crippen LogP contribution in [0.1, 0.15) is 22.8 Å². The standard InChI is InChI=1S/C16H15BrClNO/c1-3-19(13-7-4-11(2)5-8-13)16(20)14-9-6-12(18)10-15(14)17/h4-10H,3H2,1-2H3. The summed E-state index contributed by atoms with van der Waals surface area (Å²) in [5.41, 5.74) is 2.67. The molecule has 2 aromatic carbocycles. The maximum Gasteiger partial charge on any atom is 0.259 e. The van der Waals surface area contributed by atoms with Gasteiger partial charge in [0.1, 0.15) is 0 Å². The Morgan fingerprint density at radius 2 is 1.85 bits per heavy atom. The highest BCUT2D eigenvalue weighted by Crippen LogP contribution is 2.25. The molecule has 2 rings (SSSR count). The zero-order valence-electron chi connectivity index (χ0n) is 11.4. The van der Waals surface area contributed by atoms with E-state index in [4.69, 9.17) is 11.6 Å². The molecule has 0 spiro atoms. The van der Waals surface area contributed by atoms with Crippen LogP contribution in [0, 0.1) is 6.92 Å². The number of hydrogen-bond acceptors (Lipinski definition) is 1. The van der Waals surface area contributed by atoms with E-state index in [1.807, 2.05) is 38.1 Å². The van der Waals surface area contributed by atoms with Crippen LogP contribution >= 0.6 is 27.5 Å². The molecule has 0 aliphatic heterocycles. The molecular weight excluding hydrogens is 338 g/mol. The fourth-order valence-corrected chi connectivity index (χ4v) is 2.83. The Morgan fingerprint density at radius 1 is 1.20 bits per heavy atom. The van der Waals surface area contributed by atoms with Crippen LogP contribution in [0.3, 0.4) is 0 Å². The van der Waals surface area contributed by atoms with Crippen LogP contribution in [0.5, 0.6) is 0 Å². The molecule has 0 aliphatic carbocycles. The largest absolute Gasteiger partial charge is 0.309 e. The van der Waals surface area contributed by atoms with Crippen LogP contribution in [0.15, 0.2) is 46.9 Å². The van der Waals surface area contributed by atoms with Crippen LogP contribution in [0.4, 0.5) is 5.69 Å². The Kier molecular flexibility index (Phi) is 4.84. The molecular formula is C16H15BrClNO. The molecule has 0 heterocycles. The fraction of sp³-hybridized carbons (Fsp3) is 0.188. The van der Waals surface area contributed by atoms with Gasteiger partial charge in [0.15, 0.2) is 0 Å². The summed E-state index contributed by atoms with van der Waals surface area (Å²) in [6, 6.07) is 13.1. The molecule has 0 radical (unpaired) electrons. The van der Waals surface area contributed by atoms with Crippen LogP contribution < -0.4 is 4.90 Å². The summed E-state index contributed by atoms with van der Waals surface area (Å²) >= 11 is 9.31. The van der Waals surface area contributed by atoms with Gasteiger partial charge >= 0.3 is 0 Å². The molecule has 104 valence electrons. The molecule has 0 N–H and O–H groups in total. The summed E-state index contributed by atoms with van der Waals surface area (Å²) in [6.45, 7) is 4.59. The van der Waals surface area contributed by atoms with Crippen LogP contribution in [0.2, 0.25) is 5.02 Å². The molecule has 0 saturated carbocycles. The number of rotatable bonds is 3. The van der Waals surface area contributed by atoms with Crippen molar-refractivity contribution in [3.8, 4) is 0 Å². The quantitative estimate of drug-likeness (QED) is 0.754. The number of carbonyl (C=O) groups excluding carboxylic acids is 1. The molecule has 20 heavy (non-hydrogen) atoms. The lowest BCUT2D eigenvalue weighted by atomic mass is 10.1. The molecule has 0 saturated heterocycles. The van der Waals surface area contributed by atoms with Crippen molar-refractivity contribution in [1.29, 1.82) is 0 Å². The third-order valence-corrected chi connectivity index (χ3v) is 3.96. The Morgan fingerprint density at radius 3 is 2.40 bits per heavy atom. The summed E-state index contributed by atoms with van der Waals surface area (Å²) in [4.78, 5) is 14.4. The van der Waals surface area contributed by atoms with Gasteiger partial charge in [0.05, 0.1) is 5.56 Å². The van der Waals surface area contributed by atoms with E-state index in [0.717, 1.165) is 5.69 Å². The van der Waals surface area contributed by atoms with Crippen molar-refractivity contribution < 1.29 is 4.79 Å². The summed E-state index contributed by atoms with van der Waals surface area (Å²) in [6.07, 6.45) is 0. The molecule has 1 amide bonds. The Balaban J connectivity index is 2.36. The van der Waals surface area contributed by atoms with Crippen LogP contribution in [0.25, 0.3) is 0 Å². The first kappa shape index (κ1) is 15.1. The smallest absolute Gasteiger partial charge is 0.259 e. The topological polar surface area (TPSA) is 20.3 Å². The lowest BCUT2D eigenvalue weighted by Crippen LogP contribution is -2.30. The number of anilines is 1. The second-order valence-electron chi connectivity index (χ2n) is 4.51. The van der Waals surface area contributed by atoms with Crippen LogP contribution in [-0.4, -0.2) is 12.5 Å². The molecule has 0 fully saturated rings. The summed E-state index contributed by atoms with van der Waals surface area (Å²) < 4.78 is 0.709.